The van der Waals surface area contributed by atoms with Crippen LogP contribution in [0.5, 0.6) is 5.75 Å². The summed E-state index contributed by atoms with van der Waals surface area (Å²) in [6.45, 7) is 4.99. The standard InChI is InChI=1S/C13H20N2O2/c1-10(2)7-8-17-11-5-6-12(14-9-11)13(16)15(3)4/h5-6,9-10H,7-8H2,1-4H3. The Kier molecular flexibility index (Phi) is 4.94. The zero-order chi connectivity index (χ0) is 12.8. The van der Waals surface area contributed by atoms with Crippen LogP contribution in [0.2, 0.25) is 0 Å². The van der Waals surface area contributed by atoms with Crippen LogP contribution in [0.15, 0.2) is 18.3 Å². The molecule has 1 aromatic heterocycles. The number of carbonyl (C=O) groups is 1. The molecule has 0 aliphatic rings. The van der Waals surface area contributed by atoms with Crippen LogP contribution in [0.25, 0.3) is 0 Å². The third kappa shape index (κ3) is 4.43. The second-order valence-electron chi connectivity index (χ2n) is 4.61. The van der Waals surface area contributed by atoms with Crippen molar-refractivity contribution in [2.75, 3.05) is 20.7 Å². The van der Waals surface area contributed by atoms with Crippen LogP contribution in [-0.4, -0.2) is 36.5 Å². The highest BCUT2D eigenvalue weighted by Gasteiger charge is 2.09. The number of pyridine rings is 1. The van der Waals surface area contributed by atoms with Gasteiger partial charge in [0.1, 0.15) is 11.4 Å². The molecule has 0 aromatic carbocycles. The van der Waals surface area contributed by atoms with E-state index in [1.807, 2.05) is 0 Å². The van der Waals surface area contributed by atoms with Crippen molar-refractivity contribution in [3.63, 3.8) is 0 Å². The van der Waals surface area contributed by atoms with Crippen LogP contribution in [0.3, 0.4) is 0 Å². The molecule has 0 spiro atoms. The molecular formula is C13H20N2O2. The van der Waals surface area contributed by atoms with E-state index < -0.39 is 0 Å². The van der Waals surface area contributed by atoms with Gasteiger partial charge in [0.25, 0.3) is 5.91 Å². The van der Waals surface area contributed by atoms with Gasteiger partial charge in [-0.1, -0.05) is 13.8 Å². The van der Waals surface area contributed by atoms with Gasteiger partial charge >= 0.3 is 0 Å². The summed E-state index contributed by atoms with van der Waals surface area (Å²) < 4.78 is 5.52. The summed E-state index contributed by atoms with van der Waals surface area (Å²) in [5.41, 5.74) is 0.436. The minimum Gasteiger partial charge on any atom is -0.492 e. The first-order chi connectivity index (χ1) is 8.00. The number of ether oxygens (including phenoxy) is 1. The molecule has 1 heterocycles. The second-order valence-corrected chi connectivity index (χ2v) is 4.61. The number of rotatable bonds is 5. The first kappa shape index (κ1) is 13.5. The van der Waals surface area contributed by atoms with E-state index in [1.165, 1.54) is 4.90 Å². The molecule has 4 nitrogen and oxygen atoms in total. The Morgan fingerprint density at radius 1 is 1.41 bits per heavy atom. The lowest BCUT2D eigenvalue weighted by atomic mass is 10.1. The average molecular weight is 236 g/mol. The molecule has 0 saturated carbocycles. The van der Waals surface area contributed by atoms with E-state index >= 15 is 0 Å². The fourth-order valence-electron chi connectivity index (χ4n) is 1.23. The van der Waals surface area contributed by atoms with Gasteiger partial charge in [-0.15, -0.1) is 0 Å². The maximum atomic E-state index is 11.6. The molecule has 0 aliphatic heterocycles. The molecule has 1 rings (SSSR count). The highest BCUT2D eigenvalue weighted by molar-refractivity contribution is 5.91. The van der Waals surface area contributed by atoms with Crippen molar-refractivity contribution in [2.45, 2.75) is 20.3 Å². The van der Waals surface area contributed by atoms with Crippen molar-refractivity contribution in [3.05, 3.63) is 24.0 Å². The van der Waals surface area contributed by atoms with E-state index in [9.17, 15) is 4.79 Å². The molecule has 0 unspecified atom stereocenters. The monoisotopic (exact) mass is 236 g/mol. The molecule has 0 atom stereocenters. The lowest BCUT2D eigenvalue weighted by Gasteiger charge is -2.10. The third-order valence-electron chi connectivity index (χ3n) is 2.33. The Morgan fingerprint density at radius 3 is 2.59 bits per heavy atom. The number of amides is 1. The predicted molar refractivity (Wildman–Crippen MR) is 67.2 cm³/mol. The molecule has 0 N–H and O–H groups in total. The van der Waals surface area contributed by atoms with Crippen LogP contribution in [-0.2, 0) is 0 Å². The van der Waals surface area contributed by atoms with Crippen molar-refractivity contribution in [3.8, 4) is 5.75 Å². The summed E-state index contributed by atoms with van der Waals surface area (Å²) in [4.78, 5) is 17.2. The molecule has 17 heavy (non-hydrogen) atoms. The van der Waals surface area contributed by atoms with Gasteiger partial charge in [0.05, 0.1) is 12.8 Å². The number of aromatic nitrogens is 1. The summed E-state index contributed by atoms with van der Waals surface area (Å²) in [6, 6.07) is 3.47. The molecule has 1 amide bonds. The number of hydrogen-bond donors (Lipinski definition) is 0. The molecule has 1 aromatic rings. The van der Waals surface area contributed by atoms with Gasteiger partial charge in [-0.3, -0.25) is 4.79 Å². The van der Waals surface area contributed by atoms with Gasteiger partial charge in [0, 0.05) is 14.1 Å². The molecule has 94 valence electrons. The average Bonchev–Trinajstić information content (AvgIpc) is 2.28. The van der Waals surface area contributed by atoms with Crippen LogP contribution < -0.4 is 4.74 Å². The summed E-state index contributed by atoms with van der Waals surface area (Å²) in [5, 5.41) is 0. The zero-order valence-electron chi connectivity index (χ0n) is 10.9. The Bertz CT molecular complexity index is 358. The third-order valence-corrected chi connectivity index (χ3v) is 2.33. The molecule has 0 radical (unpaired) electrons. The smallest absolute Gasteiger partial charge is 0.271 e. The largest absolute Gasteiger partial charge is 0.492 e. The van der Waals surface area contributed by atoms with Crippen LogP contribution in [0, 0.1) is 5.92 Å². The number of nitrogens with zero attached hydrogens (tertiary/aromatic N) is 2. The Labute approximate surface area is 103 Å². The van der Waals surface area contributed by atoms with E-state index in [4.69, 9.17) is 4.74 Å². The Balaban J connectivity index is 2.53. The van der Waals surface area contributed by atoms with Gasteiger partial charge in [-0.25, -0.2) is 4.98 Å². The summed E-state index contributed by atoms with van der Waals surface area (Å²) in [7, 11) is 3.41. The van der Waals surface area contributed by atoms with E-state index in [-0.39, 0.29) is 5.91 Å². The topological polar surface area (TPSA) is 42.4 Å². The van der Waals surface area contributed by atoms with Crippen molar-refractivity contribution in [1.29, 1.82) is 0 Å². The van der Waals surface area contributed by atoms with Crippen molar-refractivity contribution >= 4 is 5.91 Å². The van der Waals surface area contributed by atoms with Gasteiger partial charge in [-0.05, 0) is 24.5 Å². The Hall–Kier alpha value is -1.58. The van der Waals surface area contributed by atoms with Crippen molar-refractivity contribution in [1.82, 2.24) is 9.88 Å². The normalized spacial score (nSPS) is 10.4. The fourth-order valence-corrected chi connectivity index (χ4v) is 1.23. The summed E-state index contributed by atoms with van der Waals surface area (Å²) >= 11 is 0. The molecule has 0 bridgehead atoms. The van der Waals surface area contributed by atoms with Gasteiger partial charge in [0.2, 0.25) is 0 Å². The maximum absolute atomic E-state index is 11.6. The quantitative estimate of drug-likeness (QED) is 0.787. The van der Waals surface area contributed by atoms with E-state index in [0.717, 1.165) is 6.42 Å². The maximum Gasteiger partial charge on any atom is 0.271 e. The SMILES string of the molecule is CC(C)CCOc1ccc(C(=O)N(C)C)nc1. The lowest BCUT2D eigenvalue weighted by Crippen LogP contribution is -2.22. The minimum atomic E-state index is -0.0984. The highest BCUT2D eigenvalue weighted by Crippen LogP contribution is 2.11. The summed E-state index contributed by atoms with van der Waals surface area (Å²) in [5.74, 6) is 1.23. The minimum absolute atomic E-state index is 0.0984. The van der Waals surface area contributed by atoms with Crippen molar-refractivity contribution < 1.29 is 9.53 Å². The fraction of sp³-hybridized carbons (Fsp3) is 0.538. The van der Waals surface area contributed by atoms with E-state index in [1.54, 1.807) is 32.4 Å². The number of carbonyl (C=O) groups excluding carboxylic acids is 1. The first-order valence-electron chi connectivity index (χ1n) is 5.81. The van der Waals surface area contributed by atoms with Gasteiger partial charge < -0.3 is 9.64 Å². The molecule has 0 aliphatic carbocycles. The van der Waals surface area contributed by atoms with E-state index in [0.29, 0.717) is 24.0 Å². The Morgan fingerprint density at radius 2 is 2.12 bits per heavy atom. The van der Waals surface area contributed by atoms with Crippen molar-refractivity contribution in [2.24, 2.45) is 5.92 Å². The van der Waals surface area contributed by atoms with E-state index in [2.05, 4.69) is 18.8 Å². The summed E-state index contributed by atoms with van der Waals surface area (Å²) in [6.07, 6.45) is 2.61. The molecular weight excluding hydrogens is 216 g/mol. The molecule has 0 saturated heterocycles. The molecule has 0 fully saturated rings. The molecule has 4 heteroatoms. The zero-order valence-corrected chi connectivity index (χ0v) is 10.9. The second kappa shape index (κ2) is 6.23. The van der Waals surface area contributed by atoms with Crippen LogP contribution >= 0.6 is 0 Å². The highest BCUT2D eigenvalue weighted by atomic mass is 16.5. The predicted octanol–water partition coefficient (Wildman–Crippen LogP) is 2.21. The van der Waals surface area contributed by atoms with Gasteiger partial charge in [0.15, 0.2) is 0 Å². The first-order valence-corrected chi connectivity index (χ1v) is 5.81. The number of hydrogen-bond acceptors (Lipinski definition) is 3. The lowest BCUT2D eigenvalue weighted by molar-refractivity contribution is 0.0822. The van der Waals surface area contributed by atoms with Crippen LogP contribution in [0.1, 0.15) is 30.8 Å². The van der Waals surface area contributed by atoms with Crippen LogP contribution in [0.4, 0.5) is 0 Å². The van der Waals surface area contributed by atoms with Gasteiger partial charge in [-0.2, -0.15) is 0 Å².